The van der Waals surface area contributed by atoms with E-state index in [1.807, 2.05) is 16.7 Å². The van der Waals surface area contributed by atoms with Gasteiger partial charge in [-0.15, -0.1) is 10.2 Å². The van der Waals surface area contributed by atoms with Gasteiger partial charge in [-0.3, -0.25) is 4.79 Å². The minimum atomic E-state index is -0.0179. The Morgan fingerprint density at radius 3 is 2.57 bits per heavy atom. The minimum Gasteiger partial charge on any atom is -0.372 e. The zero-order chi connectivity index (χ0) is 19.6. The van der Waals surface area contributed by atoms with Gasteiger partial charge in [0.15, 0.2) is 5.16 Å². The zero-order valence-electron chi connectivity index (χ0n) is 16.8. The van der Waals surface area contributed by atoms with E-state index in [0.29, 0.717) is 5.75 Å². The van der Waals surface area contributed by atoms with Crippen molar-refractivity contribution in [1.29, 1.82) is 0 Å². The number of thioether (sulfide) groups is 1. The third kappa shape index (κ3) is 6.26. The summed E-state index contributed by atoms with van der Waals surface area (Å²) in [6.07, 6.45) is 10.4. The molecule has 2 heterocycles. The van der Waals surface area contributed by atoms with Gasteiger partial charge in [0.2, 0.25) is 5.91 Å². The Hall–Kier alpha value is -2.02. The van der Waals surface area contributed by atoms with Crippen molar-refractivity contribution in [1.82, 2.24) is 14.8 Å². The van der Waals surface area contributed by atoms with Crippen LogP contribution in [0.25, 0.3) is 0 Å². The van der Waals surface area contributed by atoms with E-state index in [1.54, 1.807) is 6.33 Å². The van der Waals surface area contributed by atoms with Gasteiger partial charge >= 0.3 is 0 Å². The van der Waals surface area contributed by atoms with E-state index in [0.717, 1.165) is 36.9 Å². The number of hydrogen-bond acceptors (Lipinski definition) is 5. The Kier molecular flexibility index (Phi) is 8.21. The number of unbranched alkanes of at least 4 members (excludes halogenated alkanes) is 2. The number of rotatable bonds is 9. The van der Waals surface area contributed by atoms with Gasteiger partial charge in [0.25, 0.3) is 0 Å². The quantitative estimate of drug-likeness (QED) is 0.492. The molecule has 3 rings (SSSR count). The monoisotopic (exact) mass is 401 g/mol. The van der Waals surface area contributed by atoms with E-state index in [-0.39, 0.29) is 5.91 Å². The van der Waals surface area contributed by atoms with Gasteiger partial charge in [0.1, 0.15) is 6.33 Å². The van der Waals surface area contributed by atoms with Crippen molar-refractivity contribution < 1.29 is 4.79 Å². The first-order valence-electron chi connectivity index (χ1n) is 10.4. The van der Waals surface area contributed by atoms with Crippen molar-refractivity contribution in [3.05, 3.63) is 30.6 Å². The summed E-state index contributed by atoms with van der Waals surface area (Å²) in [6, 6.07) is 8.21. The number of hydrogen-bond donors (Lipinski definition) is 1. The molecule has 0 spiro atoms. The number of aromatic nitrogens is 3. The van der Waals surface area contributed by atoms with E-state index in [1.165, 1.54) is 56.0 Å². The van der Waals surface area contributed by atoms with Gasteiger partial charge in [0.05, 0.1) is 5.75 Å². The van der Waals surface area contributed by atoms with Gasteiger partial charge < -0.3 is 14.8 Å². The molecule has 1 aromatic heterocycles. The van der Waals surface area contributed by atoms with E-state index < -0.39 is 0 Å². The molecule has 1 amide bonds. The molecule has 1 aliphatic rings. The predicted molar refractivity (Wildman–Crippen MR) is 116 cm³/mol. The van der Waals surface area contributed by atoms with E-state index in [9.17, 15) is 4.79 Å². The lowest BCUT2D eigenvalue weighted by Crippen LogP contribution is -2.23. The third-order valence-electron chi connectivity index (χ3n) is 5.04. The summed E-state index contributed by atoms with van der Waals surface area (Å²) in [5.74, 6) is 0.316. The molecule has 1 saturated heterocycles. The SMILES string of the molecule is CCCCCn1cnnc1SCC(=O)Nc1ccc(N2CCCCCC2)cc1. The lowest BCUT2D eigenvalue weighted by molar-refractivity contribution is -0.113. The first-order valence-corrected chi connectivity index (χ1v) is 11.4. The number of carbonyl (C=O) groups is 1. The molecule has 0 aliphatic carbocycles. The Morgan fingerprint density at radius 1 is 1.11 bits per heavy atom. The zero-order valence-corrected chi connectivity index (χ0v) is 17.6. The first-order chi connectivity index (χ1) is 13.8. The molecule has 28 heavy (non-hydrogen) atoms. The van der Waals surface area contributed by atoms with Gasteiger partial charge in [-0.05, 0) is 43.5 Å². The highest BCUT2D eigenvalue weighted by atomic mass is 32.2. The van der Waals surface area contributed by atoms with Crippen molar-refractivity contribution in [3.8, 4) is 0 Å². The maximum Gasteiger partial charge on any atom is 0.234 e. The third-order valence-corrected chi connectivity index (χ3v) is 6.02. The lowest BCUT2D eigenvalue weighted by Gasteiger charge is -2.22. The molecular formula is C21H31N5OS. The molecule has 7 heteroatoms. The molecule has 6 nitrogen and oxygen atoms in total. The van der Waals surface area contributed by atoms with Crippen molar-refractivity contribution in [2.75, 3.05) is 29.1 Å². The second-order valence-corrected chi connectivity index (χ2v) is 8.24. The van der Waals surface area contributed by atoms with Gasteiger partial charge in [-0.25, -0.2) is 0 Å². The summed E-state index contributed by atoms with van der Waals surface area (Å²) >= 11 is 1.44. The molecule has 0 radical (unpaired) electrons. The maximum absolute atomic E-state index is 12.3. The van der Waals surface area contributed by atoms with Crippen LogP contribution in [-0.4, -0.2) is 39.5 Å². The molecular weight excluding hydrogens is 370 g/mol. The Bertz CT molecular complexity index is 723. The Balaban J connectivity index is 1.46. The van der Waals surface area contributed by atoms with Crippen molar-refractivity contribution in [3.63, 3.8) is 0 Å². The number of aryl methyl sites for hydroxylation is 1. The average molecular weight is 402 g/mol. The number of benzene rings is 1. The summed E-state index contributed by atoms with van der Waals surface area (Å²) < 4.78 is 2.03. The van der Waals surface area contributed by atoms with Crippen LogP contribution in [0.1, 0.15) is 51.9 Å². The van der Waals surface area contributed by atoms with Crippen LogP contribution >= 0.6 is 11.8 Å². The summed E-state index contributed by atoms with van der Waals surface area (Å²) in [5.41, 5.74) is 2.09. The molecule has 0 bridgehead atoms. The van der Waals surface area contributed by atoms with Crippen LogP contribution in [0.3, 0.4) is 0 Å². The first kappa shape index (κ1) is 20.7. The normalized spacial score (nSPS) is 14.7. The standard InChI is InChI=1S/C21H31N5OS/c1-2-3-6-15-26-17-22-24-21(26)28-16-20(27)23-18-9-11-19(12-10-18)25-13-7-4-5-8-14-25/h9-12,17H,2-8,13-16H2,1H3,(H,23,27). The molecule has 1 aliphatic heterocycles. The fourth-order valence-electron chi connectivity index (χ4n) is 3.45. The smallest absolute Gasteiger partial charge is 0.234 e. The van der Waals surface area contributed by atoms with Crippen LogP contribution in [0.15, 0.2) is 35.7 Å². The number of anilines is 2. The topological polar surface area (TPSA) is 63.1 Å². The van der Waals surface area contributed by atoms with E-state index in [2.05, 4.69) is 39.5 Å². The summed E-state index contributed by atoms with van der Waals surface area (Å²) in [7, 11) is 0. The van der Waals surface area contributed by atoms with Crippen LogP contribution in [0.2, 0.25) is 0 Å². The number of nitrogens with zero attached hydrogens (tertiary/aromatic N) is 4. The highest BCUT2D eigenvalue weighted by Crippen LogP contribution is 2.22. The summed E-state index contributed by atoms with van der Waals surface area (Å²) in [5, 5.41) is 11.9. The minimum absolute atomic E-state index is 0.0179. The Morgan fingerprint density at radius 2 is 1.86 bits per heavy atom. The fourth-order valence-corrected chi connectivity index (χ4v) is 4.19. The molecule has 0 unspecified atom stereocenters. The highest BCUT2D eigenvalue weighted by Gasteiger charge is 2.11. The van der Waals surface area contributed by atoms with Crippen LogP contribution in [0, 0.1) is 0 Å². The van der Waals surface area contributed by atoms with Crippen molar-refractivity contribution >= 4 is 29.0 Å². The lowest BCUT2D eigenvalue weighted by atomic mass is 10.2. The van der Waals surface area contributed by atoms with Crippen molar-refractivity contribution in [2.24, 2.45) is 0 Å². The molecule has 0 atom stereocenters. The van der Waals surface area contributed by atoms with E-state index >= 15 is 0 Å². The average Bonchev–Trinajstić information content (AvgIpc) is 2.97. The molecule has 1 fully saturated rings. The van der Waals surface area contributed by atoms with E-state index in [4.69, 9.17) is 0 Å². The maximum atomic E-state index is 12.3. The fraction of sp³-hybridized carbons (Fsp3) is 0.571. The molecule has 152 valence electrons. The predicted octanol–water partition coefficient (Wildman–Crippen LogP) is 4.58. The molecule has 1 N–H and O–H groups in total. The van der Waals surface area contributed by atoms with Gasteiger partial charge in [-0.1, -0.05) is 44.4 Å². The van der Waals surface area contributed by atoms with Gasteiger partial charge in [0, 0.05) is 31.0 Å². The molecule has 2 aromatic rings. The number of nitrogens with one attached hydrogen (secondary N) is 1. The second kappa shape index (κ2) is 11.1. The Labute approximate surface area is 172 Å². The van der Waals surface area contributed by atoms with Gasteiger partial charge in [-0.2, -0.15) is 0 Å². The second-order valence-electron chi connectivity index (χ2n) is 7.30. The largest absolute Gasteiger partial charge is 0.372 e. The molecule has 0 saturated carbocycles. The summed E-state index contributed by atoms with van der Waals surface area (Å²) in [4.78, 5) is 14.8. The van der Waals surface area contributed by atoms with Crippen LogP contribution in [-0.2, 0) is 11.3 Å². The molecule has 1 aromatic carbocycles. The number of amides is 1. The van der Waals surface area contributed by atoms with Crippen LogP contribution in [0.5, 0.6) is 0 Å². The highest BCUT2D eigenvalue weighted by molar-refractivity contribution is 7.99. The number of carbonyl (C=O) groups excluding carboxylic acids is 1. The summed E-state index contributed by atoms with van der Waals surface area (Å²) in [6.45, 7) is 5.35. The van der Waals surface area contributed by atoms with Crippen molar-refractivity contribution in [2.45, 2.75) is 63.6 Å². The van der Waals surface area contributed by atoms with Crippen LogP contribution in [0.4, 0.5) is 11.4 Å². The van der Waals surface area contributed by atoms with Crippen LogP contribution < -0.4 is 10.2 Å².